The van der Waals surface area contributed by atoms with Crippen LogP contribution in [0.2, 0.25) is 0 Å². The molecular formula is C46H50FN9O7. The highest BCUT2D eigenvalue weighted by Gasteiger charge is 2.46. The Morgan fingerprint density at radius 3 is 2.24 bits per heavy atom. The first-order valence-corrected chi connectivity index (χ1v) is 21.5. The molecule has 4 atom stereocenters. The molecule has 3 N–H and O–H groups in total. The summed E-state index contributed by atoms with van der Waals surface area (Å²) in [6.07, 6.45) is 1.29. The summed E-state index contributed by atoms with van der Waals surface area (Å²) >= 11 is 0. The number of benzene rings is 3. The molecule has 0 radical (unpaired) electrons. The lowest BCUT2D eigenvalue weighted by Gasteiger charge is -2.47. The molecule has 3 fully saturated rings. The van der Waals surface area contributed by atoms with Crippen LogP contribution in [-0.4, -0.2) is 118 Å². The Kier molecular flexibility index (Phi) is 11.3. The molecule has 3 aromatic carbocycles. The quantitative estimate of drug-likeness (QED) is 0.194. The van der Waals surface area contributed by atoms with E-state index in [1.54, 1.807) is 4.90 Å². The Balaban J connectivity index is 0.761. The largest absolute Gasteiger partial charge is 0.372 e. The average Bonchev–Trinajstić information content (AvgIpc) is 3.94. The number of piperazine rings is 1. The first-order valence-electron chi connectivity index (χ1n) is 21.5. The number of anilines is 3. The highest BCUT2D eigenvalue weighted by atomic mass is 19.1. The van der Waals surface area contributed by atoms with E-state index in [1.165, 1.54) is 13.2 Å². The average molecular weight is 860 g/mol. The summed E-state index contributed by atoms with van der Waals surface area (Å²) in [6.45, 7) is 8.58. The number of methoxy groups -OCH3 is 1. The van der Waals surface area contributed by atoms with Crippen LogP contribution in [0.4, 0.5) is 21.6 Å². The number of ether oxygens (including phenoxy) is 1. The van der Waals surface area contributed by atoms with Crippen LogP contribution < -0.4 is 20.4 Å². The van der Waals surface area contributed by atoms with Gasteiger partial charge in [-0.2, -0.15) is 5.10 Å². The van der Waals surface area contributed by atoms with Crippen LogP contribution in [-0.2, 0) is 32.2 Å². The zero-order valence-electron chi connectivity index (χ0n) is 35.4. The third-order valence-corrected chi connectivity index (χ3v) is 13.3. The highest BCUT2D eigenvalue weighted by Crippen LogP contribution is 2.36. The van der Waals surface area contributed by atoms with Gasteiger partial charge < -0.3 is 24.8 Å². The van der Waals surface area contributed by atoms with Crippen molar-refractivity contribution in [2.45, 2.75) is 76.8 Å². The highest BCUT2D eigenvalue weighted by molar-refractivity contribution is 6.23. The Morgan fingerprint density at radius 1 is 0.889 bits per heavy atom. The van der Waals surface area contributed by atoms with E-state index < -0.39 is 41.6 Å². The second-order valence-electron chi connectivity index (χ2n) is 17.3. The number of nitrogens with one attached hydrogen (secondary N) is 3. The van der Waals surface area contributed by atoms with Gasteiger partial charge in [-0.1, -0.05) is 30.3 Å². The molecule has 0 spiro atoms. The van der Waals surface area contributed by atoms with Gasteiger partial charge in [0.05, 0.1) is 35.6 Å². The van der Waals surface area contributed by atoms with E-state index in [4.69, 9.17) is 4.74 Å². The van der Waals surface area contributed by atoms with E-state index in [0.717, 1.165) is 66.0 Å². The maximum atomic E-state index is 15.7. The van der Waals surface area contributed by atoms with Gasteiger partial charge in [0.25, 0.3) is 23.6 Å². The Labute approximate surface area is 363 Å². The number of carbonyl (C=O) groups is 6. The van der Waals surface area contributed by atoms with Crippen molar-refractivity contribution in [3.63, 3.8) is 0 Å². The molecule has 328 valence electrons. The zero-order valence-corrected chi connectivity index (χ0v) is 35.4. The van der Waals surface area contributed by atoms with Crippen LogP contribution in [0.15, 0.2) is 66.7 Å². The van der Waals surface area contributed by atoms with Crippen molar-refractivity contribution in [1.82, 2.24) is 30.2 Å². The molecule has 63 heavy (non-hydrogen) atoms. The van der Waals surface area contributed by atoms with E-state index in [-0.39, 0.29) is 53.6 Å². The van der Waals surface area contributed by atoms with Crippen LogP contribution in [0.5, 0.6) is 0 Å². The number of amides is 6. The number of fused-ring (bicyclic) bond motifs is 2. The van der Waals surface area contributed by atoms with Crippen molar-refractivity contribution in [2.75, 3.05) is 55.0 Å². The van der Waals surface area contributed by atoms with Gasteiger partial charge in [0.2, 0.25) is 11.8 Å². The first-order chi connectivity index (χ1) is 30.4. The molecule has 16 nitrogen and oxygen atoms in total. The zero-order chi connectivity index (χ0) is 44.1. The smallest absolute Gasteiger partial charge is 0.262 e. The molecule has 5 aliphatic rings. The molecule has 6 amide bonds. The molecule has 6 heterocycles. The summed E-state index contributed by atoms with van der Waals surface area (Å²) in [7, 11) is 1.52. The number of aromatic nitrogens is 2. The fourth-order valence-electron chi connectivity index (χ4n) is 9.88. The third kappa shape index (κ3) is 7.95. The summed E-state index contributed by atoms with van der Waals surface area (Å²) in [5, 5.41) is 12.4. The molecule has 5 aliphatic heterocycles. The molecule has 0 saturated carbocycles. The molecule has 1 aromatic heterocycles. The van der Waals surface area contributed by atoms with Gasteiger partial charge in [-0.05, 0) is 81.0 Å². The fraction of sp³-hybridized carbons (Fsp3) is 0.413. The maximum Gasteiger partial charge on any atom is 0.262 e. The number of piperidine rings is 2. The fourth-order valence-corrected chi connectivity index (χ4v) is 9.88. The second kappa shape index (κ2) is 17.0. The number of halogens is 1. The molecular weight excluding hydrogens is 810 g/mol. The molecule has 4 aromatic rings. The Bertz CT molecular complexity index is 2460. The lowest BCUT2D eigenvalue weighted by molar-refractivity contribution is -0.143. The number of imide groups is 2. The van der Waals surface area contributed by atoms with Crippen molar-refractivity contribution in [2.24, 2.45) is 5.92 Å². The van der Waals surface area contributed by atoms with Crippen molar-refractivity contribution in [1.29, 1.82) is 0 Å². The summed E-state index contributed by atoms with van der Waals surface area (Å²) in [5.74, 6) is -2.74. The van der Waals surface area contributed by atoms with Crippen LogP contribution in [0.1, 0.15) is 93.5 Å². The maximum absolute atomic E-state index is 15.7. The van der Waals surface area contributed by atoms with E-state index in [2.05, 4.69) is 44.5 Å². The van der Waals surface area contributed by atoms with E-state index in [0.29, 0.717) is 43.5 Å². The van der Waals surface area contributed by atoms with Crippen LogP contribution in [0.25, 0.3) is 0 Å². The van der Waals surface area contributed by atoms with Gasteiger partial charge >= 0.3 is 0 Å². The number of aromatic amines is 1. The number of hydrogen-bond acceptors (Lipinski definition) is 11. The van der Waals surface area contributed by atoms with E-state index >= 15 is 4.39 Å². The lowest BCUT2D eigenvalue weighted by atomic mass is 9.93. The minimum atomic E-state index is -1.11. The topological polar surface area (TPSA) is 181 Å². The SMILES string of the molecule is COC(C(=O)N1Cc2[nH]nc(NC(=O)c3ccc(N4CCC(CN5C(C)CN(c6cc7c(cc6F)C(=O)N(C6CCC(=O)NC6=O)C7=O)CC5C)CC4)cc3)c2C1)c1ccccc1. The van der Waals surface area contributed by atoms with Crippen molar-refractivity contribution < 1.29 is 37.9 Å². The summed E-state index contributed by atoms with van der Waals surface area (Å²) < 4.78 is 21.3. The Hall–Kier alpha value is -6.46. The van der Waals surface area contributed by atoms with Crippen molar-refractivity contribution in [3.8, 4) is 0 Å². The van der Waals surface area contributed by atoms with Crippen LogP contribution in [0, 0.1) is 11.7 Å². The monoisotopic (exact) mass is 859 g/mol. The lowest BCUT2D eigenvalue weighted by Crippen LogP contribution is -2.58. The third-order valence-electron chi connectivity index (χ3n) is 13.3. The number of nitrogens with zero attached hydrogens (tertiary/aromatic N) is 6. The van der Waals surface area contributed by atoms with Crippen molar-refractivity contribution >= 4 is 52.6 Å². The van der Waals surface area contributed by atoms with Crippen LogP contribution >= 0.6 is 0 Å². The number of carbonyl (C=O) groups excluding carboxylic acids is 6. The van der Waals surface area contributed by atoms with E-state index in [9.17, 15) is 28.8 Å². The normalized spacial score (nSPS) is 22.3. The minimum Gasteiger partial charge on any atom is -0.372 e. The molecule has 4 unspecified atom stereocenters. The standard InChI is InChI=1S/C46H50FN9O7/c1-26-21-53(38-20-33-32(19-35(38)47)44(60)56(45(33)61)37-13-14-39(57)48-43(37)59)22-27(2)55(26)23-28-15-17-52(18-16-28)31-11-9-30(10-12-31)42(58)49-41-34-24-54(25-36(34)50-51-41)46(62)40(63-3)29-7-5-4-6-8-29/h4-12,19-20,26-28,37,40H,13-18,21-25H2,1-3H3,(H,48,57,59)(H2,49,50,51,58). The number of H-pyrrole nitrogens is 1. The van der Waals surface area contributed by atoms with Gasteiger partial charge in [0, 0.05) is 75.2 Å². The minimum absolute atomic E-state index is 0.00812. The second-order valence-corrected chi connectivity index (χ2v) is 17.3. The van der Waals surface area contributed by atoms with Gasteiger partial charge in [0.1, 0.15) is 11.9 Å². The molecule has 17 heteroatoms. The van der Waals surface area contributed by atoms with Gasteiger partial charge in [-0.15, -0.1) is 0 Å². The number of rotatable bonds is 10. The molecule has 0 bridgehead atoms. The van der Waals surface area contributed by atoms with E-state index in [1.807, 2.05) is 59.5 Å². The first kappa shape index (κ1) is 41.9. The molecule has 9 rings (SSSR count). The molecule has 0 aliphatic carbocycles. The van der Waals surface area contributed by atoms with Crippen molar-refractivity contribution in [3.05, 3.63) is 106 Å². The predicted molar refractivity (Wildman–Crippen MR) is 229 cm³/mol. The molecule has 3 saturated heterocycles. The summed E-state index contributed by atoms with van der Waals surface area (Å²) in [4.78, 5) is 86.9. The van der Waals surface area contributed by atoms with Gasteiger partial charge in [-0.3, -0.25) is 49.0 Å². The van der Waals surface area contributed by atoms with Crippen LogP contribution in [0.3, 0.4) is 0 Å². The summed E-state index contributed by atoms with van der Waals surface area (Å²) in [6, 6.07) is 18.5. The summed E-state index contributed by atoms with van der Waals surface area (Å²) in [5.41, 5.74) is 4.10. The van der Waals surface area contributed by atoms with Gasteiger partial charge in [-0.25, -0.2) is 4.39 Å². The number of hydrogen-bond donors (Lipinski definition) is 3. The Morgan fingerprint density at radius 2 is 1.57 bits per heavy atom. The van der Waals surface area contributed by atoms with Gasteiger partial charge in [0.15, 0.2) is 11.9 Å². The predicted octanol–water partition coefficient (Wildman–Crippen LogP) is 4.25.